The maximum absolute atomic E-state index is 11.9. The minimum Gasteiger partial charge on any atom is -0.490 e. The van der Waals surface area contributed by atoms with E-state index >= 15 is 0 Å². The van der Waals surface area contributed by atoms with Gasteiger partial charge in [-0.05, 0) is 36.2 Å². The van der Waals surface area contributed by atoms with Gasteiger partial charge in [0.1, 0.15) is 0 Å². The van der Waals surface area contributed by atoms with Crippen molar-refractivity contribution in [2.45, 2.75) is 12.8 Å². The molecule has 7 heteroatoms. The number of carbonyl (C=O) groups excluding carboxylic acids is 1. The van der Waals surface area contributed by atoms with Crippen LogP contribution < -0.4 is 10.1 Å². The van der Waals surface area contributed by atoms with Crippen molar-refractivity contribution in [3.05, 3.63) is 58.4 Å². The third kappa shape index (κ3) is 4.02. The molecule has 0 saturated carbocycles. The molecule has 1 N–H and O–H groups in total. The van der Waals surface area contributed by atoms with Crippen LogP contribution in [0.2, 0.25) is 0 Å². The number of nitro benzene ring substituents is 1. The number of aromatic nitrogens is 1. The molecule has 7 nitrogen and oxygen atoms in total. The Balaban J connectivity index is 1.99. The lowest BCUT2D eigenvalue weighted by Gasteiger charge is -2.07. The standard InChI is InChI=1S/C15H15N3O4/c1-22-14-4-3-12(10-13(14)18(20)21)17-15(19)5-2-11-6-8-16-9-7-11/h3-4,6-10H,2,5H2,1H3,(H,17,19). The van der Waals surface area contributed by atoms with E-state index in [1.807, 2.05) is 12.1 Å². The van der Waals surface area contributed by atoms with Crippen LogP contribution in [0.25, 0.3) is 0 Å². The number of amides is 1. The van der Waals surface area contributed by atoms with Crippen LogP contribution in [0.15, 0.2) is 42.7 Å². The summed E-state index contributed by atoms with van der Waals surface area (Å²) >= 11 is 0. The second-order valence-corrected chi connectivity index (χ2v) is 4.55. The zero-order valence-electron chi connectivity index (χ0n) is 12.0. The highest BCUT2D eigenvalue weighted by Crippen LogP contribution is 2.29. The fourth-order valence-corrected chi connectivity index (χ4v) is 1.94. The van der Waals surface area contributed by atoms with Crippen molar-refractivity contribution in [2.24, 2.45) is 0 Å². The highest BCUT2D eigenvalue weighted by molar-refractivity contribution is 5.91. The number of rotatable bonds is 6. The first-order chi connectivity index (χ1) is 10.6. The second kappa shape index (κ2) is 7.16. The number of nitro groups is 1. The minimum atomic E-state index is -0.550. The molecule has 0 bridgehead atoms. The fourth-order valence-electron chi connectivity index (χ4n) is 1.94. The van der Waals surface area contributed by atoms with Crippen molar-refractivity contribution in [1.29, 1.82) is 0 Å². The van der Waals surface area contributed by atoms with Gasteiger partial charge in [0.25, 0.3) is 0 Å². The van der Waals surface area contributed by atoms with E-state index in [2.05, 4.69) is 10.3 Å². The smallest absolute Gasteiger partial charge is 0.312 e. The third-order valence-electron chi connectivity index (χ3n) is 3.05. The molecule has 0 fully saturated rings. The molecule has 1 aromatic heterocycles. The molecule has 1 heterocycles. The van der Waals surface area contributed by atoms with Crippen LogP contribution in [0.3, 0.4) is 0 Å². The lowest BCUT2D eigenvalue weighted by molar-refractivity contribution is -0.385. The highest BCUT2D eigenvalue weighted by Gasteiger charge is 2.16. The molecular formula is C15H15N3O4. The number of nitrogens with zero attached hydrogens (tertiary/aromatic N) is 2. The number of methoxy groups -OCH3 is 1. The number of ether oxygens (including phenoxy) is 1. The van der Waals surface area contributed by atoms with Crippen LogP contribution in [-0.2, 0) is 11.2 Å². The van der Waals surface area contributed by atoms with Gasteiger partial charge in [0.2, 0.25) is 5.91 Å². The first-order valence-electron chi connectivity index (χ1n) is 6.61. The van der Waals surface area contributed by atoms with Gasteiger partial charge in [-0.15, -0.1) is 0 Å². The highest BCUT2D eigenvalue weighted by atomic mass is 16.6. The molecule has 2 aromatic rings. The average Bonchev–Trinajstić information content (AvgIpc) is 2.54. The molecule has 0 aliphatic heterocycles. The van der Waals surface area contributed by atoms with E-state index in [1.165, 1.54) is 19.2 Å². The van der Waals surface area contributed by atoms with Gasteiger partial charge in [0, 0.05) is 30.6 Å². The van der Waals surface area contributed by atoms with Crippen LogP contribution in [0.4, 0.5) is 11.4 Å². The van der Waals surface area contributed by atoms with Crippen molar-refractivity contribution in [3.63, 3.8) is 0 Å². The van der Waals surface area contributed by atoms with Gasteiger partial charge < -0.3 is 10.1 Å². The number of benzene rings is 1. The van der Waals surface area contributed by atoms with Crippen molar-refractivity contribution >= 4 is 17.3 Å². The largest absolute Gasteiger partial charge is 0.490 e. The minimum absolute atomic E-state index is 0.153. The molecule has 0 unspecified atom stereocenters. The van der Waals surface area contributed by atoms with Crippen molar-refractivity contribution in [1.82, 2.24) is 4.98 Å². The quantitative estimate of drug-likeness (QED) is 0.653. The summed E-state index contributed by atoms with van der Waals surface area (Å²) in [6, 6.07) is 7.98. The lowest BCUT2D eigenvalue weighted by Crippen LogP contribution is -2.12. The van der Waals surface area contributed by atoms with E-state index in [1.54, 1.807) is 18.5 Å². The molecule has 0 spiro atoms. The fraction of sp³-hybridized carbons (Fsp3) is 0.200. The topological polar surface area (TPSA) is 94.4 Å². The Bertz CT molecular complexity index is 674. The van der Waals surface area contributed by atoms with Gasteiger partial charge in [0.05, 0.1) is 12.0 Å². The summed E-state index contributed by atoms with van der Waals surface area (Å²) in [5, 5.41) is 13.6. The van der Waals surface area contributed by atoms with Gasteiger partial charge in [-0.1, -0.05) is 0 Å². The van der Waals surface area contributed by atoms with E-state index < -0.39 is 4.92 Å². The lowest BCUT2D eigenvalue weighted by atomic mass is 10.1. The first-order valence-corrected chi connectivity index (χ1v) is 6.61. The van der Waals surface area contributed by atoms with Crippen LogP contribution in [0.5, 0.6) is 5.75 Å². The Labute approximate surface area is 127 Å². The molecule has 0 radical (unpaired) electrons. The first kappa shape index (κ1) is 15.4. The Kier molecular flexibility index (Phi) is 5.02. The zero-order chi connectivity index (χ0) is 15.9. The molecule has 2 rings (SSSR count). The Morgan fingerprint density at radius 2 is 2.05 bits per heavy atom. The van der Waals surface area contributed by atoms with Crippen molar-refractivity contribution in [3.8, 4) is 5.75 Å². The molecule has 114 valence electrons. The number of nitrogens with one attached hydrogen (secondary N) is 1. The van der Waals surface area contributed by atoms with Crippen LogP contribution in [0.1, 0.15) is 12.0 Å². The van der Waals surface area contributed by atoms with Crippen LogP contribution >= 0.6 is 0 Å². The summed E-state index contributed by atoms with van der Waals surface area (Å²) in [7, 11) is 1.36. The van der Waals surface area contributed by atoms with E-state index in [-0.39, 0.29) is 23.8 Å². The predicted molar refractivity (Wildman–Crippen MR) is 80.8 cm³/mol. The maximum Gasteiger partial charge on any atom is 0.312 e. The summed E-state index contributed by atoms with van der Waals surface area (Å²) in [5.74, 6) is -0.0592. The molecule has 0 aliphatic carbocycles. The molecule has 0 saturated heterocycles. The number of anilines is 1. The Morgan fingerprint density at radius 3 is 2.68 bits per heavy atom. The number of carbonyl (C=O) groups is 1. The second-order valence-electron chi connectivity index (χ2n) is 4.55. The summed E-state index contributed by atoms with van der Waals surface area (Å²) in [4.78, 5) is 26.2. The number of aryl methyl sites for hydroxylation is 1. The van der Waals surface area contributed by atoms with E-state index in [9.17, 15) is 14.9 Å². The van der Waals surface area contributed by atoms with Gasteiger partial charge >= 0.3 is 5.69 Å². The normalized spacial score (nSPS) is 10.0. The van der Waals surface area contributed by atoms with Crippen LogP contribution in [0, 0.1) is 10.1 Å². The molecule has 22 heavy (non-hydrogen) atoms. The van der Waals surface area contributed by atoms with Gasteiger partial charge in [-0.3, -0.25) is 19.9 Å². The van der Waals surface area contributed by atoms with Gasteiger partial charge in [-0.2, -0.15) is 0 Å². The molecular weight excluding hydrogens is 286 g/mol. The summed E-state index contributed by atoms with van der Waals surface area (Å²) in [5.41, 5.74) is 1.19. The number of hydrogen-bond acceptors (Lipinski definition) is 5. The maximum atomic E-state index is 11.9. The SMILES string of the molecule is COc1ccc(NC(=O)CCc2ccncc2)cc1[N+](=O)[O-]. The number of pyridine rings is 1. The van der Waals surface area contributed by atoms with Gasteiger partial charge in [0.15, 0.2) is 5.75 Å². The predicted octanol–water partition coefficient (Wildman–Crippen LogP) is 2.57. The van der Waals surface area contributed by atoms with Crippen molar-refractivity contribution in [2.75, 3.05) is 12.4 Å². The monoisotopic (exact) mass is 301 g/mol. The van der Waals surface area contributed by atoms with Crippen molar-refractivity contribution < 1.29 is 14.5 Å². The summed E-state index contributed by atoms with van der Waals surface area (Å²) in [6.07, 6.45) is 4.19. The Morgan fingerprint density at radius 1 is 1.32 bits per heavy atom. The van der Waals surface area contributed by atoms with E-state index in [0.717, 1.165) is 5.56 Å². The molecule has 0 atom stereocenters. The molecule has 1 amide bonds. The van der Waals surface area contributed by atoms with E-state index in [0.29, 0.717) is 12.1 Å². The molecule has 1 aromatic carbocycles. The summed E-state index contributed by atoms with van der Waals surface area (Å²) < 4.78 is 4.91. The number of hydrogen-bond donors (Lipinski definition) is 1. The Hall–Kier alpha value is -2.96. The van der Waals surface area contributed by atoms with Gasteiger partial charge in [-0.25, -0.2) is 0 Å². The van der Waals surface area contributed by atoms with Crippen LogP contribution in [-0.4, -0.2) is 22.9 Å². The summed E-state index contributed by atoms with van der Waals surface area (Å²) in [6.45, 7) is 0. The third-order valence-corrected chi connectivity index (χ3v) is 3.05. The molecule has 0 aliphatic rings. The van der Waals surface area contributed by atoms with E-state index in [4.69, 9.17) is 4.74 Å². The average molecular weight is 301 g/mol. The zero-order valence-corrected chi connectivity index (χ0v) is 12.0.